The molecule has 4 heteroatoms. The number of nitrogens with one attached hydrogen (secondary N) is 1. The molecule has 2 heterocycles. The minimum absolute atomic E-state index is 0.850. The summed E-state index contributed by atoms with van der Waals surface area (Å²) in [6, 6.07) is 4.00. The second-order valence-corrected chi connectivity index (χ2v) is 4.36. The molecule has 0 atom stereocenters. The first-order valence-corrected chi connectivity index (χ1v) is 6.14. The van der Waals surface area contributed by atoms with Crippen molar-refractivity contribution in [3.63, 3.8) is 0 Å². The average Bonchev–Trinajstić information content (AvgIpc) is 2.35. The van der Waals surface area contributed by atoms with Crippen molar-refractivity contribution in [3.8, 4) is 11.3 Å². The fourth-order valence-corrected chi connectivity index (χ4v) is 1.91. The molecule has 0 aliphatic carbocycles. The smallest absolute Gasteiger partial charge is 0.151 e. The van der Waals surface area contributed by atoms with Crippen LogP contribution in [0.25, 0.3) is 11.3 Å². The van der Waals surface area contributed by atoms with Gasteiger partial charge in [0.25, 0.3) is 0 Å². The lowest BCUT2D eigenvalue weighted by molar-refractivity contribution is 0.985. The molecule has 2 aromatic rings. The zero-order valence-electron chi connectivity index (χ0n) is 11.3. The summed E-state index contributed by atoms with van der Waals surface area (Å²) < 4.78 is 0. The molecule has 2 aromatic heterocycles. The third kappa shape index (κ3) is 2.32. The average molecular weight is 242 g/mol. The van der Waals surface area contributed by atoms with Gasteiger partial charge in [0.2, 0.25) is 0 Å². The first-order chi connectivity index (χ1) is 8.63. The van der Waals surface area contributed by atoms with Crippen molar-refractivity contribution in [1.29, 1.82) is 0 Å². The van der Waals surface area contributed by atoms with Gasteiger partial charge >= 0.3 is 0 Å². The van der Waals surface area contributed by atoms with Gasteiger partial charge in [-0.05, 0) is 51.0 Å². The zero-order chi connectivity index (χ0) is 13.1. The van der Waals surface area contributed by atoms with E-state index in [0.29, 0.717) is 0 Å². The van der Waals surface area contributed by atoms with Crippen molar-refractivity contribution in [2.24, 2.45) is 0 Å². The molecule has 0 saturated carbocycles. The van der Waals surface area contributed by atoms with Crippen molar-refractivity contribution in [3.05, 3.63) is 35.2 Å². The molecular weight excluding hydrogens is 224 g/mol. The highest BCUT2D eigenvalue weighted by Crippen LogP contribution is 2.25. The highest BCUT2D eigenvalue weighted by molar-refractivity contribution is 5.66. The number of anilines is 1. The van der Waals surface area contributed by atoms with Crippen LogP contribution in [0, 0.1) is 20.8 Å². The molecule has 0 aliphatic heterocycles. The Balaban J connectivity index is 2.50. The Morgan fingerprint density at radius 2 is 1.89 bits per heavy atom. The van der Waals surface area contributed by atoms with Crippen LogP contribution in [-0.4, -0.2) is 21.7 Å². The van der Waals surface area contributed by atoms with Gasteiger partial charge in [0.15, 0.2) is 5.82 Å². The first kappa shape index (κ1) is 12.5. The Labute approximate surface area is 107 Å². The Hall–Kier alpha value is -1.97. The van der Waals surface area contributed by atoms with Crippen LogP contribution < -0.4 is 5.32 Å². The van der Waals surface area contributed by atoms with Crippen LogP contribution in [0.3, 0.4) is 0 Å². The van der Waals surface area contributed by atoms with Crippen molar-refractivity contribution in [2.75, 3.05) is 11.9 Å². The van der Waals surface area contributed by atoms with Gasteiger partial charge in [0.1, 0.15) is 0 Å². The minimum atomic E-state index is 0.850. The molecule has 0 fully saturated rings. The molecule has 0 bridgehead atoms. The predicted molar refractivity (Wildman–Crippen MR) is 73.6 cm³/mol. The molecule has 0 saturated heterocycles. The molecule has 0 aromatic carbocycles. The molecule has 0 spiro atoms. The Morgan fingerprint density at radius 1 is 1.11 bits per heavy atom. The van der Waals surface area contributed by atoms with E-state index in [1.807, 2.05) is 19.1 Å². The second kappa shape index (κ2) is 5.12. The Bertz CT molecular complexity index is 564. The molecule has 94 valence electrons. The third-order valence-electron chi connectivity index (χ3n) is 3.04. The first-order valence-electron chi connectivity index (χ1n) is 6.14. The van der Waals surface area contributed by atoms with Crippen molar-refractivity contribution in [2.45, 2.75) is 27.7 Å². The lowest BCUT2D eigenvalue weighted by Crippen LogP contribution is -2.06. The number of nitrogens with zero attached hydrogens (tertiary/aromatic N) is 3. The summed E-state index contributed by atoms with van der Waals surface area (Å²) in [5.74, 6) is 0.865. The highest BCUT2D eigenvalue weighted by atomic mass is 15.2. The Kier molecular flexibility index (Phi) is 3.55. The quantitative estimate of drug-likeness (QED) is 0.899. The van der Waals surface area contributed by atoms with E-state index in [1.165, 1.54) is 0 Å². The van der Waals surface area contributed by atoms with Crippen LogP contribution in [0.4, 0.5) is 5.82 Å². The number of rotatable bonds is 3. The lowest BCUT2D eigenvalue weighted by Gasteiger charge is -2.11. The van der Waals surface area contributed by atoms with Crippen molar-refractivity contribution >= 4 is 5.82 Å². The van der Waals surface area contributed by atoms with E-state index < -0.39 is 0 Å². The maximum absolute atomic E-state index is 4.33. The van der Waals surface area contributed by atoms with Crippen LogP contribution in [0.15, 0.2) is 18.3 Å². The third-order valence-corrected chi connectivity index (χ3v) is 3.04. The zero-order valence-corrected chi connectivity index (χ0v) is 11.3. The van der Waals surface area contributed by atoms with Crippen molar-refractivity contribution < 1.29 is 0 Å². The molecular formula is C14H18N4. The maximum Gasteiger partial charge on any atom is 0.151 e. The fraction of sp³-hybridized carbons (Fsp3) is 0.357. The summed E-state index contributed by atoms with van der Waals surface area (Å²) in [6.07, 6.45) is 1.80. The topological polar surface area (TPSA) is 50.7 Å². The lowest BCUT2D eigenvalue weighted by atomic mass is 10.0. The molecule has 0 aliphatic rings. The monoisotopic (exact) mass is 242 g/mol. The van der Waals surface area contributed by atoms with Crippen LogP contribution in [0.2, 0.25) is 0 Å². The highest BCUT2D eigenvalue weighted by Gasteiger charge is 2.10. The van der Waals surface area contributed by atoms with Gasteiger partial charge in [-0.3, -0.25) is 4.98 Å². The van der Waals surface area contributed by atoms with E-state index in [9.17, 15) is 0 Å². The summed E-state index contributed by atoms with van der Waals surface area (Å²) in [4.78, 5) is 4.20. The van der Waals surface area contributed by atoms with Gasteiger partial charge in [-0.15, -0.1) is 10.2 Å². The van der Waals surface area contributed by atoms with E-state index in [4.69, 9.17) is 0 Å². The number of aryl methyl sites for hydroxylation is 1. The van der Waals surface area contributed by atoms with Crippen LogP contribution >= 0.6 is 0 Å². The summed E-state index contributed by atoms with van der Waals surface area (Å²) in [5.41, 5.74) is 5.29. The van der Waals surface area contributed by atoms with Crippen molar-refractivity contribution in [1.82, 2.24) is 15.2 Å². The summed E-state index contributed by atoms with van der Waals surface area (Å²) in [5, 5.41) is 11.8. The number of pyridine rings is 1. The van der Waals surface area contributed by atoms with Gasteiger partial charge in [-0.2, -0.15) is 0 Å². The van der Waals surface area contributed by atoms with E-state index in [0.717, 1.165) is 40.4 Å². The molecule has 18 heavy (non-hydrogen) atoms. The van der Waals surface area contributed by atoms with Crippen LogP contribution in [0.1, 0.15) is 23.7 Å². The van der Waals surface area contributed by atoms with Gasteiger partial charge < -0.3 is 5.32 Å². The summed E-state index contributed by atoms with van der Waals surface area (Å²) in [6.45, 7) is 9.03. The standard InChI is InChI=1S/C14H18N4/c1-5-15-14-11(4)10(3)13(17-18-14)12-6-7-16-9(2)8-12/h6-8H,5H2,1-4H3,(H,15,18). The van der Waals surface area contributed by atoms with Gasteiger partial charge in [-0.1, -0.05) is 0 Å². The minimum Gasteiger partial charge on any atom is -0.369 e. The molecule has 0 amide bonds. The Morgan fingerprint density at radius 3 is 2.56 bits per heavy atom. The largest absolute Gasteiger partial charge is 0.369 e. The maximum atomic E-state index is 4.33. The van der Waals surface area contributed by atoms with Gasteiger partial charge in [0.05, 0.1) is 5.69 Å². The van der Waals surface area contributed by atoms with E-state index in [2.05, 4.69) is 41.3 Å². The summed E-state index contributed by atoms with van der Waals surface area (Å²) >= 11 is 0. The van der Waals surface area contributed by atoms with Gasteiger partial charge in [0, 0.05) is 24.0 Å². The SMILES string of the molecule is CCNc1nnc(-c2ccnc(C)c2)c(C)c1C. The van der Waals surface area contributed by atoms with Crippen LogP contribution in [-0.2, 0) is 0 Å². The van der Waals surface area contributed by atoms with E-state index in [-0.39, 0.29) is 0 Å². The number of hydrogen-bond acceptors (Lipinski definition) is 4. The van der Waals surface area contributed by atoms with Gasteiger partial charge in [-0.25, -0.2) is 0 Å². The van der Waals surface area contributed by atoms with E-state index in [1.54, 1.807) is 6.20 Å². The van der Waals surface area contributed by atoms with Crippen LogP contribution in [0.5, 0.6) is 0 Å². The molecule has 0 radical (unpaired) electrons. The number of hydrogen-bond donors (Lipinski definition) is 1. The number of aromatic nitrogens is 3. The normalized spacial score (nSPS) is 10.4. The second-order valence-electron chi connectivity index (χ2n) is 4.36. The van der Waals surface area contributed by atoms with E-state index >= 15 is 0 Å². The molecule has 4 nitrogen and oxygen atoms in total. The summed E-state index contributed by atoms with van der Waals surface area (Å²) in [7, 11) is 0. The molecule has 2 rings (SSSR count). The fourth-order valence-electron chi connectivity index (χ4n) is 1.91. The predicted octanol–water partition coefficient (Wildman–Crippen LogP) is 2.90. The molecule has 0 unspecified atom stereocenters. The molecule has 1 N–H and O–H groups in total.